The molecule has 5 heteroatoms. The summed E-state index contributed by atoms with van der Waals surface area (Å²) in [6.07, 6.45) is 0. The Morgan fingerprint density at radius 1 is 1.29 bits per heavy atom. The third-order valence-corrected chi connectivity index (χ3v) is 4.16. The van der Waals surface area contributed by atoms with Gasteiger partial charge in [0.1, 0.15) is 5.82 Å². The predicted molar refractivity (Wildman–Crippen MR) is 85.5 cm³/mol. The van der Waals surface area contributed by atoms with Gasteiger partial charge < -0.3 is 10.6 Å². The molecule has 0 radical (unpaired) electrons. The Bertz CT molecular complexity index is 661. The van der Waals surface area contributed by atoms with Crippen LogP contribution in [-0.4, -0.2) is 17.9 Å². The maximum absolute atomic E-state index is 13.4. The number of anilines is 1. The van der Waals surface area contributed by atoms with E-state index in [1.165, 1.54) is 12.1 Å². The van der Waals surface area contributed by atoms with E-state index >= 15 is 0 Å². The highest BCUT2D eigenvalue weighted by Gasteiger charge is 2.21. The monoisotopic (exact) mass is 350 g/mol. The molecule has 0 bridgehead atoms. The van der Waals surface area contributed by atoms with E-state index in [1.54, 1.807) is 11.9 Å². The van der Waals surface area contributed by atoms with Gasteiger partial charge in [0.05, 0.1) is 17.3 Å². The number of nitrogens with two attached hydrogens (primary N) is 1. The average Bonchev–Trinajstić information content (AvgIpc) is 2.49. The number of nitrogens with zero attached hydrogens (tertiary/aromatic N) is 1. The summed E-state index contributed by atoms with van der Waals surface area (Å²) in [5, 5.41) is 0. The zero-order chi connectivity index (χ0) is 15.6. The number of nitrogen functional groups attached to an aromatic ring is 1. The number of carbonyl (C=O) groups is 1. The summed E-state index contributed by atoms with van der Waals surface area (Å²) in [6, 6.07) is 12.2. The van der Waals surface area contributed by atoms with Crippen LogP contribution in [0.3, 0.4) is 0 Å². The van der Waals surface area contributed by atoms with Gasteiger partial charge in [-0.3, -0.25) is 4.79 Å². The minimum Gasteiger partial charge on any atom is -0.396 e. The Balaban J connectivity index is 2.30. The highest BCUT2D eigenvalue weighted by molar-refractivity contribution is 9.10. The number of halogens is 2. The smallest absolute Gasteiger partial charge is 0.255 e. The first kappa shape index (κ1) is 15.5. The van der Waals surface area contributed by atoms with Crippen molar-refractivity contribution in [3.8, 4) is 0 Å². The van der Waals surface area contributed by atoms with E-state index in [1.807, 2.05) is 37.3 Å². The lowest BCUT2D eigenvalue weighted by atomic mass is 10.1. The fourth-order valence-corrected chi connectivity index (χ4v) is 2.54. The molecule has 1 atom stereocenters. The van der Waals surface area contributed by atoms with Crippen molar-refractivity contribution in [3.63, 3.8) is 0 Å². The summed E-state index contributed by atoms with van der Waals surface area (Å²) in [4.78, 5) is 14.2. The fourth-order valence-electron chi connectivity index (χ4n) is 2.05. The van der Waals surface area contributed by atoms with Crippen molar-refractivity contribution >= 4 is 27.5 Å². The molecule has 0 heterocycles. The lowest BCUT2D eigenvalue weighted by Crippen LogP contribution is -2.30. The summed E-state index contributed by atoms with van der Waals surface area (Å²) in [7, 11) is 1.71. The summed E-state index contributed by atoms with van der Waals surface area (Å²) < 4.78 is 13.8. The van der Waals surface area contributed by atoms with Crippen LogP contribution in [0.25, 0.3) is 0 Å². The van der Waals surface area contributed by atoms with E-state index in [-0.39, 0.29) is 17.6 Å². The first-order valence-corrected chi connectivity index (χ1v) is 7.27. The molecule has 3 nitrogen and oxygen atoms in total. The number of benzene rings is 2. The molecule has 0 aromatic heterocycles. The molecule has 2 rings (SSSR count). The second kappa shape index (κ2) is 6.26. The molecule has 2 aromatic rings. The van der Waals surface area contributed by atoms with Gasteiger partial charge in [-0.05, 0) is 40.5 Å². The number of amides is 1. The molecular formula is C16H16BrFN2O. The summed E-state index contributed by atoms with van der Waals surface area (Å²) in [6.45, 7) is 1.94. The van der Waals surface area contributed by atoms with Crippen LogP contribution in [0.5, 0.6) is 0 Å². The van der Waals surface area contributed by atoms with Gasteiger partial charge in [-0.1, -0.05) is 30.3 Å². The standard InChI is InChI=1S/C16H16BrFN2O/c1-10(11-6-4-3-5-7-11)20(2)16(21)12-8-15(19)14(18)9-13(12)17/h3-10H,19H2,1-2H3. The number of carbonyl (C=O) groups excluding carboxylic acids is 1. The SMILES string of the molecule is CC(c1ccccc1)N(C)C(=O)c1cc(N)c(F)cc1Br. The normalized spacial score (nSPS) is 12.0. The first-order chi connectivity index (χ1) is 9.91. The van der Waals surface area contributed by atoms with Crippen LogP contribution in [0.15, 0.2) is 46.9 Å². The van der Waals surface area contributed by atoms with Crippen LogP contribution in [0.1, 0.15) is 28.9 Å². The lowest BCUT2D eigenvalue weighted by Gasteiger charge is -2.26. The van der Waals surface area contributed by atoms with E-state index in [0.717, 1.165) is 5.56 Å². The highest BCUT2D eigenvalue weighted by atomic mass is 79.9. The second-order valence-corrected chi connectivity index (χ2v) is 5.71. The molecule has 2 aromatic carbocycles. The van der Waals surface area contributed by atoms with E-state index in [2.05, 4.69) is 15.9 Å². The third-order valence-electron chi connectivity index (χ3n) is 3.50. The van der Waals surface area contributed by atoms with Crippen molar-refractivity contribution in [1.82, 2.24) is 4.90 Å². The van der Waals surface area contributed by atoms with Crippen molar-refractivity contribution in [3.05, 3.63) is 63.9 Å². The van der Waals surface area contributed by atoms with Crippen molar-refractivity contribution in [2.24, 2.45) is 0 Å². The van der Waals surface area contributed by atoms with Gasteiger partial charge in [0.2, 0.25) is 0 Å². The van der Waals surface area contributed by atoms with Crippen LogP contribution < -0.4 is 5.73 Å². The largest absolute Gasteiger partial charge is 0.396 e. The van der Waals surface area contributed by atoms with Gasteiger partial charge in [0.25, 0.3) is 5.91 Å². The topological polar surface area (TPSA) is 46.3 Å². The molecule has 0 aliphatic carbocycles. The zero-order valence-corrected chi connectivity index (χ0v) is 13.4. The van der Waals surface area contributed by atoms with Gasteiger partial charge >= 0.3 is 0 Å². The highest BCUT2D eigenvalue weighted by Crippen LogP contribution is 2.27. The minimum absolute atomic E-state index is 0.0395. The second-order valence-electron chi connectivity index (χ2n) is 4.86. The van der Waals surface area contributed by atoms with Crippen molar-refractivity contribution in [2.45, 2.75) is 13.0 Å². The minimum atomic E-state index is -0.544. The third kappa shape index (κ3) is 3.24. The van der Waals surface area contributed by atoms with E-state index in [9.17, 15) is 9.18 Å². The molecule has 0 aliphatic heterocycles. The average molecular weight is 351 g/mol. The number of hydrogen-bond acceptors (Lipinski definition) is 2. The van der Waals surface area contributed by atoms with E-state index in [4.69, 9.17) is 5.73 Å². The molecule has 0 saturated heterocycles. The van der Waals surface area contributed by atoms with E-state index < -0.39 is 5.82 Å². The van der Waals surface area contributed by atoms with Crippen LogP contribution >= 0.6 is 15.9 Å². The van der Waals surface area contributed by atoms with Crippen LogP contribution in [-0.2, 0) is 0 Å². The molecule has 21 heavy (non-hydrogen) atoms. The van der Waals surface area contributed by atoms with Crippen molar-refractivity contribution < 1.29 is 9.18 Å². The maximum atomic E-state index is 13.4. The van der Waals surface area contributed by atoms with Gasteiger partial charge in [-0.2, -0.15) is 0 Å². The summed E-state index contributed by atoms with van der Waals surface area (Å²) in [5.41, 5.74) is 6.88. The Morgan fingerprint density at radius 3 is 2.52 bits per heavy atom. The molecule has 1 amide bonds. The van der Waals surface area contributed by atoms with Crippen molar-refractivity contribution in [2.75, 3.05) is 12.8 Å². The van der Waals surface area contributed by atoms with Crippen LogP contribution in [0, 0.1) is 5.82 Å². The van der Waals surface area contributed by atoms with Gasteiger partial charge in [-0.25, -0.2) is 4.39 Å². The Kier molecular flexibility index (Phi) is 4.63. The Labute approximate surface area is 131 Å². The molecule has 0 spiro atoms. The van der Waals surface area contributed by atoms with Crippen molar-refractivity contribution in [1.29, 1.82) is 0 Å². The van der Waals surface area contributed by atoms with Gasteiger partial charge in [-0.15, -0.1) is 0 Å². The maximum Gasteiger partial charge on any atom is 0.255 e. The number of hydrogen-bond donors (Lipinski definition) is 1. The van der Waals surface area contributed by atoms with Gasteiger partial charge in [0, 0.05) is 11.5 Å². The Morgan fingerprint density at radius 2 is 1.90 bits per heavy atom. The van der Waals surface area contributed by atoms with Crippen LogP contribution in [0.4, 0.5) is 10.1 Å². The molecule has 1 unspecified atom stereocenters. The summed E-state index contributed by atoms with van der Waals surface area (Å²) >= 11 is 3.21. The lowest BCUT2D eigenvalue weighted by molar-refractivity contribution is 0.0741. The predicted octanol–water partition coefficient (Wildman–Crippen LogP) is 4.00. The first-order valence-electron chi connectivity index (χ1n) is 6.48. The Hall–Kier alpha value is -1.88. The fraction of sp³-hybridized carbons (Fsp3) is 0.188. The zero-order valence-electron chi connectivity index (χ0n) is 11.8. The van der Waals surface area contributed by atoms with Gasteiger partial charge in [0.15, 0.2) is 0 Å². The number of rotatable bonds is 3. The molecular weight excluding hydrogens is 335 g/mol. The van der Waals surface area contributed by atoms with Crippen LogP contribution in [0.2, 0.25) is 0 Å². The quantitative estimate of drug-likeness (QED) is 0.850. The molecule has 0 fully saturated rings. The molecule has 2 N–H and O–H groups in total. The molecule has 0 aliphatic rings. The summed E-state index contributed by atoms with van der Waals surface area (Å²) in [5.74, 6) is -0.762. The van der Waals surface area contributed by atoms with E-state index in [0.29, 0.717) is 10.0 Å². The molecule has 0 saturated carbocycles. The molecule has 110 valence electrons.